The molecule has 0 radical (unpaired) electrons. The number of fused-ring (bicyclic) bond motifs is 1. The summed E-state index contributed by atoms with van der Waals surface area (Å²) in [5, 5.41) is 0. The van der Waals surface area contributed by atoms with Crippen molar-refractivity contribution in [3.05, 3.63) is 18.2 Å². The summed E-state index contributed by atoms with van der Waals surface area (Å²) in [5.74, 6) is 2.09. The number of rotatable bonds is 4. The maximum absolute atomic E-state index is 11.6. The van der Waals surface area contributed by atoms with Gasteiger partial charge in [-0.1, -0.05) is 0 Å². The van der Waals surface area contributed by atoms with E-state index in [1.807, 2.05) is 39.0 Å². The van der Waals surface area contributed by atoms with Gasteiger partial charge in [0.2, 0.25) is 0 Å². The smallest absolute Gasteiger partial charge is 0.307 e. The molecule has 1 aliphatic heterocycles. The summed E-state index contributed by atoms with van der Waals surface area (Å²) in [6, 6.07) is 5.84. The van der Waals surface area contributed by atoms with Crippen LogP contribution in [0, 0.1) is 0 Å². The van der Waals surface area contributed by atoms with Gasteiger partial charge in [0.15, 0.2) is 11.5 Å². The standard InChI is InChI=1S/C15H20O4S/c1-15(2,3)19-14(16)6-9-20-11-4-5-12-13(10-11)18-8-7-17-12/h4-5,10H,6-9H2,1-3H3. The van der Waals surface area contributed by atoms with Crippen LogP contribution in [0.25, 0.3) is 0 Å². The molecular formula is C15H20O4S. The molecule has 4 nitrogen and oxygen atoms in total. The molecule has 0 bridgehead atoms. The molecular weight excluding hydrogens is 276 g/mol. The number of hydrogen-bond acceptors (Lipinski definition) is 5. The van der Waals surface area contributed by atoms with Gasteiger partial charge in [0.25, 0.3) is 0 Å². The van der Waals surface area contributed by atoms with Crippen LogP contribution in [0.5, 0.6) is 11.5 Å². The van der Waals surface area contributed by atoms with Gasteiger partial charge in [0.05, 0.1) is 6.42 Å². The van der Waals surface area contributed by atoms with Crippen molar-refractivity contribution < 1.29 is 19.0 Å². The zero-order chi connectivity index (χ0) is 14.6. The van der Waals surface area contributed by atoms with Crippen LogP contribution in [-0.4, -0.2) is 30.5 Å². The number of hydrogen-bond donors (Lipinski definition) is 0. The molecule has 0 fully saturated rings. The molecule has 1 aromatic rings. The fourth-order valence-electron chi connectivity index (χ4n) is 1.76. The first-order valence-corrected chi connectivity index (χ1v) is 7.67. The van der Waals surface area contributed by atoms with Crippen LogP contribution in [0.4, 0.5) is 0 Å². The molecule has 2 rings (SSSR count). The average Bonchev–Trinajstić information content (AvgIpc) is 2.36. The highest BCUT2D eigenvalue weighted by atomic mass is 32.2. The molecule has 0 N–H and O–H groups in total. The lowest BCUT2D eigenvalue weighted by Gasteiger charge is -2.19. The first kappa shape index (κ1) is 15.0. The summed E-state index contributed by atoms with van der Waals surface area (Å²) in [4.78, 5) is 12.7. The van der Waals surface area contributed by atoms with Gasteiger partial charge in [-0.2, -0.15) is 0 Å². The van der Waals surface area contributed by atoms with Gasteiger partial charge in [-0.25, -0.2) is 0 Å². The van der Waals surface area contributed by atoms with Gasteiger partial charge in [0, 0.05) is 10.6 Å². The highest BCUT2D eigenvalue weighted by Gasteiger charge is 2.16. The van der Waals surface area contributed by atoms with E-state index in [0.717, 1.165) is 16.4 Å². The fraction of sp³-hybridized carbons (Fsp3) is 0.533. The van der Waals surface area contributed by atoms with Crippen LogP contribution < -0.4 is 9.47 Å². The third kappa shape index (κ3) is 4.63. The molecule has 0 amide bonds. The Hall–Kier alpha value is -1.36. The number of carbonyl (C=O) groups excluding carboxylic acids is 1. The molecule has 0 aliphatic carbocycles. The normalized spacial score (nSPS) is 13.9. The van der Waals surface area contributed by atoms with Crippen molar-refractivity contribution >= 4 is 17.7 Å². The number of carbonyl (C=O) groups is 1. The van der Waals surface area contributed by atoms with E-state index >= 15 is 0 Å². The predicted octanol–water partition coefficient (Wildman–Crippen LogP) is 3.28. The van der Waals surface area contributed by atoms with Crippen molar-refractivity contribution in [2.75, 3.05) is 19.0 Å². The highest BCUT2D eigenvalue weighted by molar-refractivity contribution is 7.99. The summed E-state index contributed by atoms with van der Waals surface area (Å²) >= 11 is 1.61. The predicted molar refractivity (Wildman–Crippen MR) is 78.6 cm³/mol. The summed E-state index contributed by atoms with van der Waals surface area (Å²) in [7, 11) is 0. The monoisotopic (exact) mass is 296 g/mol. The number of ether oxygens (including phenoxy) is 3. The van der Waals surface area contributed by atoms with Gasteiger partial charge in [0.1, 0.15) is 18.8 Å². The third-order valence-electron chi connectivity index (χ3n) is 2.51. The maximum atomic E-state index is 11.6. The van der Waals surface area contributed by atoms with E-state index in [-0.39, 0.29) is 5.97 Å². The Kier molecular flexibility index (Phi) is 4.81. The second-order valence-corrected chi connectivity index (χ2v) is 6.66. The van der Waals surface area contributed by atoms with Crippen molar-refractivity contribution in [3.8, 4) is 11.5 Å². The molecule has 0 unspecified atom stereocenters. The first-order chi connectivity index (χ1) is 9.44. The number of thioether (sulfide) groups is 1. The van der Waals surface area contributed by atoms with Gasteiger partial charge in [-0.15, -0.1) is 11.8 Å². The van der Waals surface area contributed by atoms with Crippen molar-refractivity contribution in [1.29, 1.82) is 0 Å². The molecule has 20 heavy (non-hydrogen) atoms. The molecule has 5 heteroatoms. The average molecular weight is 296 g/mol. The van der Waals surface area contributed by atoms with Crippen LogP contribution in [0.15, 0.2) is 23.1 Å². The number of esters is 1. The van der Waals surface area contributed by atoms with E-state index in [0.29, 0.717) is 25.4 Å². The molecule has 0 atom stereocenters. The summed E-state index contributed by atoms with van der Waals surface area (Å²) in [6.45, 7) is 6.80. The summed E-state index contributed by atoms with van der Waals surface area (Å²) in [6.07, 6.45) is 0.399. The first-order valence-electron chi connectivity index (χ1n) is 6.68. The Morgan fingerprint density at radius 3 is 2.65 bits per heavy atom. The largest absolute Gasteiger partial charge is 0.486 e. The quantitative estimate of drug-likeness (QED) is 0.630. The molecule has 0 spiro atoms. The third-order valence-corrected chi connectivity index (χ3v) is 3.50. The lowest BCUT2D eigenvalue weighted by Crippen LogP contribution is -2.24. The van der Waals surface area contributed by atoms with Gasteiger partial charge >= 0.3 is 5.97 Å². The lowest BCUT2D eigenvalue weighted by atomic mass is 10.2. The molecule has 0 aromatic heterocycles. The molecule has 1 heterocycles. The van der Waals surface area contributed by atoms with Crippen molar-refractivity contribution in [1.82, 2.24) is 0 Å². The van der Waals surface area contributed by atoms with Crippen molar-refractivity contribution in [2.45, 2.75) is 37.7 Å². The highest BCUT2D eigenvalue weighted by Crippen LogP contribution is 2.34. The van der Waals surface area contributed by atoms with E-state index in [4.69, 9.17) is 14.2 Å². The second-order valence-electron chi connectivity index (χ2n) is 5.49. The second kappa shape index (κ2) is 6.39. The SMILES string of the molecule is CC(C)(C)OC(=O)CCSc1ccc2c(c1)OCCO2. The zero-order valence-electron chi connectivity index (χ0n) is 12.1. The van der Waals surface area contributed by atoms with Crippen molar-refractivity contribution in [2.24, 2.45) is 0 Å². The van der Waals surface area contributed by atoms with E-state index in [9.17, 15) is 4.79 Å². The molecule has 110 valence electrons. The summed E-state index contributed by atoms with van der Waals surface area (Å²) < 4.78 is 16.3. The van der Waals surface area contributed by atoms with Gasteiger partial charge in [-0.3, -0.25) is 4.79 Å². The Morgan fingerprint density at radius 1 is 1.25 bits per heavy atom. The molecule has 0 saturated heterocycles. The molecule has 1 aromatic carbocycles. The Morgan fingerprint density at radius 2 is 1.95 bits per heavy atom. The van der Waals surface area contributed by atoms with Crippen LogP contribution >= 0.6 is 11.8 Å². The summed E-state index contributed by atoms with van der Waals surface area (Å²) in [5.41, 5.74) is -0.418. The Bertz CT molecular complexity index is 479. The minimum atomic E-state index is -0.418. The van der Waals surface area contributed by atoms with E-state index in [1.165, 1.54) is 0 Å². The van der Waals surface area contributed by atoms with Crippen LogP contribution in [0.2, 0.25) is 0 Å². The zero-order valence-corrected chi connectivity index (χ0v) is 12.9. The topological polar surface area (TPSA) is 44.8 Å². The van der Waals surface area contributed by atoms with E-state index in [1.54, 1.807) is 11.8 Å². The van der Waals surface area contributed by atoms with Gasteiger partial charge in [-0.05, 0) is 39.0 Å². The molecule has 1 aliphatic rings. The Balaban J connectivity index is 1.81. The van der Waals surface area contributed by atoms with Crippen LogP contribution in [0.1, 0.15) is 27.2 Å². The van der Waals surface area contributed by atoms with Crippen molar-refractivity contribution in [3.63, 3.8) is 0 Å². The van der Waals surface area contributed by atoms with Crippen LogP contribution in [-0.2, 0) is 9.53 Å². The lowest BCUT2D eigenvalue weighted by molar-refractivity contribution is -0.154. The van der Waals surface area contributed by atoms with Crippen LogP contribution in [0.3, 0.4) is 0 Å². The molecule has 0 saturated carbocycles. The Labute approximate surface area is 123 Å². The van der Waals surface area contributed by atoms with E-state index < -0.39 is 5.60 Å². The fourth-order valence-corrected chi connectivity index (χ4v) is 2.62. The number of benzene rings is 1. The van der Waals surface area contributed by atoms with Gasteiger partial charge < -0.3 is 14.2 Å². The van der Waals surface area contributed by atoms with E-state index in [2.05, 4.69) is 0 Å². The minimum absolute atomic E-state index is 0.164. The maximum Gasteiger partial charge on any atom is 0.307 e. The minimum Gasteiger partial charge on any atom is -0.486 e.